The number of esters is 1. The van der Waals surface area contributed by atoms with E-state index in [0.717, 1.165) is 19.3 Å². The van der Waals surface area contributed by atoms with Crippen molar-refractivity contribution in [2.45, 2.75) is 31.4 Å². The smallest absolute Gasteiger partial charge is 0.323 e. The van der Waals surface area contributed by atoms with Crippen LogP contribution in [-0.4, -0.2) is 18.1 Å². The van der Waals surface area contributed by atoms with Crippen molar-refractivity contribution in [2.24, 2.45) is 11.7 Å². The van der Waals surface area contributed by atoms with Gasteiger partial charge in [-0.2, -0.15) is 0 Å². The highest BCUT2D eigenvalue weighted by molar-refractivity contribution is 5.85. The Balaban J connectivity index is 0.000000605. The molecule has 2 aliphatic rings. The average Bonchev–Trinajstić information content (AvgIpc) is 2.41. The Bertz CT molecular complexity index is 174. The first-order valence-corrected chi connectivity index (χ1v) is 3.75. The summed E-state index contributed by atoms with van der Waals surface area (Å²) in [7, 11) is 0. The first kappa shape index (κ1) is 8.81. The van der Waals surface area contributed by atoms with Crippen molar-refractivity contribution in [1.29, 1.82) is 0 Å². The van der Waals surface area contributed by atoms with Gasteiger partial charge in [0.1, 0.15) is 12.1 Å². The van der Waals surface area contributed by atoms with Crippen LogP contribution in [0, 0.1) is 5.92 Å². The number of ether oxygens (including phenoxy) is 1. The highest BCUT2D eigenvalue weighted by Crippen LogP contribution is 2.35. The van der Waals surface area contributed by atoms with Gasteiger partial charge in [-0.1, -0.05) is 0 Å². The van der Waals surface area contributed by atoms with E-state index in [2.05, 4.69) is 0 Å². The van der Waals surface area contributed by atoms with Gasteiger partial charge in [0.25, 0.3) is 0 Å². The third kappa shape index (κ3) is 1.23. The number of carbonyl (C=O) groups is 1. The van der Waals surface area contributed by atoms with Crippen molar-refractivity contribution in [3.05, 3.63) is 0 Å². The number of fused-ring (bicyclic) bond motifs is 1. The number of hydrogen-bond donors (Lipinski definition) is 1. The Hall–Kier alpha value is -0.280. The van der Waals surface area contributed by atoms with E-state index in [-0.39, 0.29) is 30.5 Å². The topological polar surface area (TPSA) is 52.3 Å². The van der Waals surface area contributed by atoms with Crippen molar-refractivity contribution in [3.8, 4) is 0 Å². The molecular formula is C7H12ClNO2. The minimum absolute atomic E-state index is 0. The van der Waals surface area contributed by atoms with Gasteiger partial charge in [0, 0.05) is 5.92 Å². The predicted octanol–water partition coefficient (Wildman–Crippen LogP) is 0.461. The molecule has 3 nitrogen and oxygen atoms in total. The highest BCUT2D eigenvalue weighted by Gasteiger charge is 2.44. The fourth-order valence-corrected chi connectivity index (χ4v) is 1.91. The molecule has 0 bridgehead atoms. The van der Waals surface area contributed by atoms with Crippen molar-refractivity contribution in [3.63, 3.8) is 0 Å². The third-order valence-corrected chi connectivity index (χ3v) is 2.50. The van der Waals surface area contributed by atoms with Crippen LogP contribution >= 0.6 is 12.4 Å². The molecule has 1 aliphatic heterocycles. The molecule has 64 valence electrons. The minimum Gasteiger partial charge on any atom is -0.461 e. The van der Waals surface area contributed by atoms with E-state index in [1.807, 2.05) is 0 Å². The zero-order valence-electron chi connectivity index (χ0n) is 6.16. The van der Waals surface area contributed by atoms with Gasteiger partial charge in [0.2, 0.25) is 0 Å². The summed E-state index contributed by atoms with van der Waals surface area (Å²) in [6, 6.07) is -0.326. The largest absolute Gasteiger partial charge is 0.461 e. The molecule has 1 heterocycles. The fraction of sp³-hybridized carbons (Fsp3) is 0.857. The minimum atomic E-state index is -0.326. The van der Waals surface area contributed by atoms with Gasteiger partial charge in [0.15, 0.2) is 0 Å². The molecule has 1 saturated carbocycles. The Morgan fingerprint density at radius 2 is 2.18 bits per heavy atom. The van der Waals surface area contributed by atoms with Crippen LogP contribution < -0.4 is 5.73 Å². The molecule has 2 N–H and O–H groups in total. The predicted molar refractivity (Wildman–Crippen MR) is 42.4 cm³/mol. The second-order valence-corrected chi connectivity index (χ2v) is 3.10. The lowest BCUT2D eigenvalue weighted by Gasteiger charge is -2.06. The molecular weight excluding hydrogens is 166 g/mol. The maximum Gasteiger partial charge on any atom is 0.323 e. The molecule has 1 saturated heterocycles. The molecule has 1 aliphatic carbocycles. The van der Waals surface area contributed by atoms with Gasteiger partial charge in [0.05, 0.1) is 0 Å². The molecule has 0 amide bonds. The van der Waals surface area contributed by atoms with Crippen LogP contribution in [-0.2, 0) is 9.53 Å². The quantitative estimate of drug-likeness (QED) is 0.547. The van der Waals surface area contributed by atoms with Crippen LogP contribution in [0.15, 0.2) is 0 Å². The Labute approximate surface area is 71.7 Å². The number of hydrogen-bond acceptors (Lipinski definition) is 3. The van der Waals surface area contributed by atoms with Gasteiger partial charge in [-0.05, 0) is 19.3 Å². The molecule has 0 aromatic rings. The normalized spacial score (nSPS) is 41.2. The Kier molecular flexibility index (Phi) is 2.40. The van der Waals surface area contributed by atoms with Crippen molar-refractivity contribution < 1.29 is 9.53 Å². The molecule has 0 unspecified atom stereocenters. The summed E-state index contributed by atoms with van der Waals surface area (Å²) in [5.74, 6) is 0.127. The molecule has 2 fully saturated rings. The number of carbonyl (C=O) groups excluding carboxylic acids is 1. The van der Waals surface area contributed by atoms with Gasteiger partial charge < -0.3 is 10.5 Å². The summed E-state index contributed by atoms with van der Waals surface area (Å²) < 4.78 is 5.03. The maximum atomic E-state index is 10.8. The van der Waals surface area contributed by atoms with Crippen LogP contribution in [0.4, 0.5) is 0 Å². The second-order valence-electron chi connectivity index (χ2n) is 3.10. The molecule has 3 atom stereocenters. The summed E-state index contributed by atoms with van der Waals surface area (Å²) in [6.07, 6.45) is 3.40. The van der Waals surface area contributed by atoms with Crippen LogP contribution in [0.5, 0.6) is 0 Å². The monoisotopic (exact) mass is 177 g/mol. The number of halogens is 1. The second kappa shape index (κ2) is 2.99. The molecule has 0 spiro atoms. The van der Waals surface area contributed by atoms with Crippen molar-refractivity contribution >= 4 is 18.4 Å². The van der Waals surface area contributed by atoms with Crippen LogP contribution in [0.1, 0.15) is 19.3 Å². The molecule has 0 aromatic heterocycles. The third-order valence-electron chi connectivity index (χ3n) is 2.50. The molecule has 4 heteroatoms. The Morgan fingerprint density at radius 1 is 1.45 bits per heavy atom. The molecule has 11 heavy (non-hydrogen) atoms. The van der Waals surface area contributed by atoms with E-state index in [9.17, 15) is 4.79 Å². The summed E-state index contributed by atoms with van der Waals surface area (Å²) in [5, 5.41) is 0. The number of nitrogens with two attached hydrogens (primary N) is 1. The van der Waals surface area contributed by atoms with E-state index >= 15 is 0 Å². The van der Waals surface area contributed by atoms with Crippen molar-refractivity contribution in [2.75, 3.05) is 0 Å². The molecule has 0 radical (unpaired) electrons. The average molecular weight is 178 g/mol. The van der Waals surface area contributed by atoms with E-state index in [1.165, 1.54) is 0 Å². The summed E-state index contributed by atoms with van der Waals surface area (Å²) in [4.78, 5) is 10.8. The van der Waals surface area contributed by atoms with Gasteiger partial charge >= 0.3 is 5.97 Å². The lowest BCUT2D eigenvalue weighted by atomic mass is 10.0. The first-order valence-electron chi connectivity index (χ1n) is 3.75. The van der Waals surface area contributed by atoms with E-state index in [1.54, 1.807) is 0 Å². The molecule has 0 aromatic carbocycles. The zero-order valence-corrected chi connectivity index (χ0v) is 6.97. The first-order chi connectivity index (χ1) is 4.79. The zero-order chi connectivity index (χ0) is 7.14. The summed E-state index contributed by atoms with van der Waals surface area (Å²) in [6.45, 7) is 0. The lowest BCUT2D eigenvalue weighted by Crippen LogP contribution is -2.31. The van der Waals surface area contributed by atoms with E-state index in [4.69, 9.17) is 10.5 Å². The fourth-order valence-electron chi connectivity index (χ4n) is 1.91. The van der Waals surface area contributed by atoms with Gasteiger partial charge in [-0.15, -0.1) is 12.4 Å². The van der Waals surface area contributed by atoms with Crippen LogP contribution in [0.25, 0.3) is 0 Å². The maximum absolute atomic E-state index is 10.8. The SMILES string of the molecule is Cl.N[C@H]1C(=O)O[C@H]2CCC[C@H]21. The standard InChI is InChI=1S/C7H11NO2.ClH/c8-6-4-2-1-3-5(4)10-7(6)9;/h4-6H,1-3,8H2;1H/t4-,5+,6-;/m1./s1. The van der Waals surface area contributed by atoms with Crippen LogP contribution in [0.3, 0.4) is 0 Å². The summed E-state index contributed by atoms with van der Waals surface area (Å²) >= 11 is 0. The Morgan fingerprint density at radius 3 is 2.82 bits per heavy atom. The number of rotatable bonds is 0. The van der Waals surface area contributed by atoms with Crippen molar-refractivity contribution in [1.82, 2.24) is 0 Å². The van der Waals surface area contributed by atoms with Gasteiger partial charge in [-0.25, -0.2) is 0 Å². The van der Waals surface area contributed by atoms with Gasteiger partial charge in [-0.3, -0.25) is 4.79 Å². The van der Waals surface area contributed by atoms with E-state index < -0.39 is 0 Å². The summed E-state index contributed by atoms with van der Waals surface area (Å²) in [5.41, 5.74) is 5.59. The lowest BCUT2D eigenvalue weighted by molar-refractivity contribution is -0.142. The highest BCUT2D eigenvalue weighted by atomic mass is 35.5. The van der Waals surface area contributed by atoms with E-state index in [0.29, 0.717) is 5.92 Å². The molecule has 2 rings (SSSR count). The van der Waals surface area contributed by atoms with Crippen LogP contribution in [0.2, 0.25) is 0 Å².